The minimum Gasteiger partial charge on any atom is -0.442 e. The summed E-state index contributed by atoms with van der Waals surface area (Å²) in [6, 6.07) is 1.91. The Morgan fingerprint density at radius 1 is 1.31 bits per heavy atom. The van der Waals surface area contributed by atoms with E-state index in [2.05, 4.69) is 17.5 Å². The van der Waals surface area contributed by atoms with E-state index in [9.17, 15) is 30.8 Å². The number of hydrogen-bond acceptors (Lipinski definition) is 5. The van der Waals surface area contributed by atoms with Crippen molar-refractivity contribution in [3.05, 3.63) is 40.8 Å². The molecule has 0 bridgehead atoms. The smallest absolute Gasteiger partial charge is 0.414 e. The number of rotatable bonds is 5. The molecule has 2 heterocycles. The van der Waals surface area contributed by atoms with Gasteiger partial charge in [-0.1, -0.05) is 18.3 Å². The molecule has 0 spiro atoms. The molecule has 158 valence electrons. The molecule has 2 atom stereocenters. The van der Waals surface area contributed by atoms with E-state index in [0.717, 1.165) is 22.4 Å². The largest absolute Gasteiger partial charge is 0.442 e. The second kappa shape index (κ2) is 8.27. The SMILES string of the molecule is O=C1OC(CNC(=S)C(F)F)CN1c1cc(F)c(C2C=CS(=O)(=O)CC2)c(F)c1. The summed E-state index contributed by atoms with van der Waals surface area (Å²) in [6.45, 7) is -0.284. The lowest BCUT2D eigenvalue weighted by molar-refractivity contribution is 0.142. The Bertz CT molecular complexity index is 945. The predicted molar refractivity (Wildman–Crippen MR) is 101 cm³/mol. The molecule has 1 N–H and O–H groups in total. The molecule has 0 aliphatic carbocycles. The molecular formula is C17H16F4N2O4S2. The lowest BCUT2D eigenvalue weighted by atomic mass is 9.95. The van der Waals surface area contributed by atoms with E-state index in [1.807, 2.05) is 0 Å². The van der Waals surface area contributed by atoms with E-state index in [-0.39, 0.29) is 36.5 Å². The first kappa shape index (κ1) is 21.5. The summed E-state index contributed by atoms with van der Waals surface area (Å²) in [6.07, 6.45) is -3.29. The molecule has 1 amide bonds. The van der Waals surface area contributed by atoms with Crippen molar-refractivity contribution in [3.63, 3.8) is 0 Å². The van der Waals surface area contributed by atoms with Crippen LogP contribution < -0.4 is 10.2 Å². The van der Waals surface area contributed by atoms with Gasteiger partial charge in [-0.05, 0) is 18.6 Å². The van der Waals surface area contributed by atoms with E-state index < -0.39 is 51.0 Å². The number of alkyl halides is 2. The molecule has 1 saturated heterocycles. The number of nitrogens with one attached hydrogen (secondary N) is 1. The first-order valence-corrected chi connectivity index (χ1v) is 10.6. The number of thiocarbonyl (C=S) groups is 1. The summed E-state index contributed by atoms with van der Waals surface area (Å²) in [5.74, 6) is -2.82. The molecule has 0 saturated carbocycles. The van der Waals surface area contributed by atoms with Crippen LogP contribution in [0.15, 0.2) is 23.6 Å². The molecule has 29 heavy (non-hydrogen) atoms. The van der Waals surface area contributed by atoms with Crippen LogP contribution in [0.4, 0.5) is 28.0 Å². The van der Waals surface area contributed by atoms with Crippen molar-refractivity contribution in [3.8, 4) is 0 Å². The normalized spacial score (nSPS) is 23.3. The zero-order chi connectivity index (χ0) is 21.3. The number of benzene rings is 1. The Morgan fingerprint density at radius 2 is 1.97 bits per heavy atom. The van der Waals surface area contributed by atoms with Gasteiger partial charge in [-0.3, -0.25) is 4.90 Å². The molecule has 1 fully saturated rings. The van der Waals surface area contributed by atoms with E-state index in [0.29, 0.717) is 0 Å². The molecule has 0 aromatic heterocycles. The van der Waals surface area contributed by atoms with Crippen molar-refractivity contribution in [2.75, 3.05) is 23.7 Å². The zero-order valence-electron chi connectivity index (χ0n) is 14.8. The predicted octanol–water partition coefficient (Wildman–Crippen LogP) is 2.89. The van der Waals surface area contributed by atoms with Crippen LogP contribution in [0.3, 0.4) is 0 Å². The topological polar surface area (TPSA) is 75.7 Å². The Balaban J connectivity index is 1.75. The second-order valence-electron chi connectivity index (χ2n) is 6.58. The van der Waals surface area contributed by atoms with Gasteiger partial charge in [0.05, 0.1) is 24.5 Å². The number of allylic oxidation sites excluding steroid dienone is 1. The van der Waals surface area contributed by atoms with Gasteiger partial charge >= 0.3 is 6.09 Å². The molecule has 2 aliphatic rings. The monoisotopic (exact) mass is 452 g/mol. The van der Waals surface area contributed by atoms with Crippen LogP contribution in [0.5, 0.6) is 0 Å². The molecule has 2 aliphatic heterocycles. The summed E-state index contributed by atoms with van der Waals surface area (Å²) >= 11 is 4.43. The van der Waals surface area contributed by atoms with Crippen LogP contribution in [0, 0.1) is 11.6 Å². The average molecular weight is 452 g/mol. The highest BCUT2D eigenvalue weighted by Gasteiger charge is 2.34. The molecule has 1 aromatic carbocycles. The standard InChI is InChI=1S/C17H16F4N2O4S2/c18-12-5-10(6-13(19)14(12)9-1-3-29(25,26)4-2-9)23-8-11(27-17(23)24)7-22-16(28)15(20)21/h1,3,5-6,9,11,15H,2,4,7-8H2,(H,22,28). The molecule has 3 rings (SSSR count). The number of carbonyl (C=O) groups excluding carboxylic acids is 1. The number of hydrogen-bond donors (Lipinski definition) is 1. The minimum atomic E-state index is -3.36. The maximum atomic E-state index is 14.6. The third-order valence-corrected chi connectivity index (χ3v) is 6.25. The quantitative estimate of drug-likeness (QED) is 0.547. The number of nitrogens with zero attached hydrogens (tertiary/aromatic N) is 1. The third-order valence-electron chi connectivity index (χ3n) is 4.55. The van der Waals surface area contributed by atoms with Gasteiger partial charge in [0, 0.05) is 16.9 Å². The number of halogens is 4. The minimum absolute atomic E-state index is 0.0373. The number of amides is 1. The molecule has 6 nitrogen and oxygen atoms in total. The van der Waals surface area contributed by atoms with Crippen LogP contribution in [-0.2, 0) is 14.6 Å². The lowest BCUT2D eigenvalue weighted by Gasteiger charge is -2.20. The van der Waals surface area contributed by atoms with Crippen molar-refractivity contribution < 1.29 is 35.5 Å². The zero-order valence-corrected chi connectivity index (χ0v) is 16.4. The van der Waals surface area contributed by atoms with Crippen molar-refractivity contribution >= 4 is 38.8 Å². The van der Waals surface area contributed by atoms with E-state index >= 15 is 0 Å². The Morgan fingerprint density at radius 3 is 2.52 bits per heavy atom. The molecule has 2 unspecified atom stereocenters. The van der Waals surface area contributed by atoms with Gasteiger partial charge in [-0.2, -0.15) is 0 Å². The summed E-state index contributed by atoms with van der Waals surface area (Å²) in [7, 11) is -3.36. The van der Waals surface area contributed by atoms with Crippen molar-refractivity contribution in [1.82, 2.24) is 5.32 Å². The summed E-state index contributed by atoms with van der Waals surface area (Å²) in [4.78, 5) is 12.3. The third kappa shape index (κ3) is 4.86. The maximum Gasteiger partial charge on any atom is 0.414 e. The fraction of sp³-hybridized carbons (Fsp3) is 0.412. The number of anilines is 1. The van der Waals surface area contributed by atoms with E-state index in [1.54, 1.807) is 0 Å². The Kier molecular flexibility index (Phi) is 6.13. The van der Waals surface area contributed by atoms with Gasteiger partial charge in [-0.25, -0.2) is 30.8 Å². The highest BCUT2D eigenvalue weighted by Crippen LogP contribution is 2.34. The van der Waals surface area contributed by atoms with Crippen molar-refractivity contribution in [2.45, 2.75) is 24.9 Å². The first-order chi connectivity index (χ1) is 13.6. The van der Waals surface area contributed by atoms with Gasteiger partial charge < -0.3 is 10.1 Å². The molecule has 1 aromatic rings. The second-order valence-corrected chi connectivity index (χ2v) is 9.02. The van der Waals surface area contributed by atoms with Crippen LogP contribution >= 0.6 is 12.2 Å². The maximum absolute atomic E-state index is 14.6. The lowest BCUT2D eigenvalue weighted by Crippen LogP contribution is -2.36. The van der Waals surface area contributed by atoms with Crippen LogP contribution in [0.1, 0.15) is 17.9 Å². The van der Waals surface area contributed by atoms with Gasteiger partial charge in [0.15, 0.2) is 9.84 Å². The molecular weight excluding hydrogens is 436 g/mol. The van der Waals surface area contributed by atoms with Crippen molar-refractivity contribution in [1.29, 1.82) is 0 Å². The highest BCUT2D eigenvalue weighted by atomic mass is 32.2. The Labute approximate surface area is 169 Å². The van der Waals surface area contributed by atoms with Gasteiger partial charge in [-0.15, -0.1) is 0 Å². The Hall–Kier alpha value is -2.21. The number of sulfone groups is 1. The van der Waals surface area contributed by atoms with Crippen LogP contribution in [-0.4, -0.2) is 50.9 Å². The molecule has 0 radical (unpaired) electrons. The summed E-state index contributed by atoms with van der Waals surface area (Å²) in [5, 5.41) is 3.21. The van der Waals surface area contributed by atoms with Gasteiger partial charge in [0.2, 0.25) is 0 Å². The number of cyclic esters (lactones) is 1. The average Bonchev–Trinajstić information content (AvgIpc) is 3.01. The summed E-state index contributed by atoms with van der Waals surface area (Å²) < 4.78 is 81.9. The van der Waals surface area contributed by atoms with Crippen molar-refractivity contribution in [2.24, 2.45) is 0 Å². The summed E-state index contributed by atoms with van der Waals surface area (Å²) in [5.41, 5.74) is -0.381. The molecule has 12 heteroatoms. The first-order valence-electron chi connectivity index (χ1n) is 8.51. The van der Waals surface area contributed by atoms with Gasteiger partial charge in [0.1, 0.15) is 22.7 Å². The van der Waals surface area contributed by atoms with E-state index in [1.165, 1.54) is 6.08 Å². The van der Waals surface area contributed by atoms with E-state index in [4.69, 9.17) is 4.74 Å². The van der Waals surface area contributed by atoms with Crippen LogP contribution in [0.2, 0.25) is 0 Å². The fourth-order valence-corrected chi connectivity index (χ4v) is 4.35. The fourth-order valence-electron chi connectivity index (χ4n) is 3.12. The number of ether oxygens (including phenoxy) is 1. The van der Waals surface area contributed by atoms with Crippen LogP contribution in [0.25, 0.3) is 0 Å². The number of carbonyl (C=O) groups is 1. The van der Waals surface area contributed by atoms with Gasteiger partial charge in [0.25, 0.3) is 6.43 Å². The highest BCUT2D eigenvalue weighted by molar-refractivity contribution is 7.94.